The van der Waals surface area contributed by atoms with Crippen LogP contribution >= 0.6 is 40.7 Å². The lowest BCUT2D eigenvalue weighted by Gasteiger charge is -2.43. The van der Waals surface area contributed by atoms with Crippen LogP contribution in [0.5, 0.6) is 5.75 Å². The SMILES string of the molecule is CC(C)(C)[C@H](c1c(C(F)(F)F)ccc(Br)c1O)N1CCNCC1.Cl.Cl. The van der Waals surface area contributed by atoms with Crippen LogP contribution in [0.2, 0.25) is 0 Å². The molecule has 0 aliphatic carbocycles. The smallest absolute Gasteiger partial charge is 0.416 e. The van der Waals surface area contributed by atoms with Gasteiger partial charge in [0.2, 0.25) is 0 Å². The van der Waals surface area contributed by atoms with Gasteiger partial charge in [0.1, 0.15) is 5.75 Å². The van der Waals surface area contributed by atoms with Gasteiger partial charge in [0.25, 0.3) is 0 Å². The molecule has 146 valence electrons. The van der Waals surface area contributed by atoms with Crippen LogP contribution in [-0.4, -0.2) is 36.2 Å². The second-order valence-electron chi connectivity index (χ2n) is 6.91. The van der Waals surface area contributed by atoms with Gasteiger partial charge in [-0.1, -0.05) is 20.8 Å². The van der Waals surface area contributed by atoms with Gasteiger partial charge in [0.15, 0.2) is 0 Å². The average molecular weight is 468 g/mol. The Bertz CT molecular complexity index is 574. The largest absolute Gasteiger partial charge is 0.506 e. The van der Waals surface area contributed by atoms with Crippen molar-refractivity contribution in [2.24, 2.45) is 5.41 Å². The van der Waals surface area contributed by atoms with Crippen molar-refractivity contribution >= 4 is 40.7 Å². The standard InChI is InChI=1S/C16H22BrF3N2O.2ClH/c1-15(2,3)14(22-8-6-21-7-9-22)12-10(16(18,19)20)4-5-11(17)13(12)23;;/h4-5,14,21,23H,6-9H2,1-3H3;2*1H/t14-;;/m0../s1. The molecule has 2 rings (SSSR count). The molecule has 1 aromatic carbocycles. The predicted molar refractivity (Wildman–Crippen MR) is 102 cm³/mol. The van der Waals surface area contributed by atoms with Gasteiger partial charge >= 0.3 is 6.18 Å². The minimum Gasteiger partial charge on any atom is -0.506 e. The van der Waals surface area contributed by atoms with E-state index in [1.165, 1.54) is 6.07 Å². The van der Waals surface area contributed by atoms with Gasteiger partial charge < -0.3 is 10.4 Å². The number of halogens is 6. The van der Waals surface area contributed by atoms with Gasteiger partial charge in [-0.25, -0.2) is 0 Å². The van der Waals surface area contributed by atoms with E-state index in [9.17, 15) is 18.3 Å². The van der Waals surface area contributed by atoms with Crippen molar-refractivity contribution in [2.75, 3.05) is 26.2 Å². The molecule has 0 bridgehead atoms. The van der Waals surface area contributed by atoms with E-state index in [0.29, 0.717) is 13.1 Å². The number of hydrogen-bond donors (Lipinski definition) is 2. The molecule has 1 aliphatic rings. The highest BCUT2D eigenvalue weighted by atomic mass is 79.9. The van der Waals surface area contributed by atoms with Crippen LogP contribution in [0.4, 0.5) is 13.2 Å². The summed E-state index contributed by atoms with van der Waals surface area (Å²) in [4.78, 5) is 2.02. The number of alkyl halides is 3. The fraction of sp³-hybridized carbons (Fsp3) is 0.625. The van der Waals surface area contributed by atoms with Gasteiger partial charge in [-0.15, -0.1) is 24.8 Å². The molecule has 2 N–H and O–H groups in total. The molecule has 0 spiro atoms. The molecule has 1 heterocycles. The molecule has 1 atom stereocenters. The Morgan fingerprint density at radius 2 is 1.64 bits per heavy atom. The van der Waals surface area contributed by atoms with Gasteiger partial charge in [-0.3, -0.25) is 4.90 Å². The van der Waals surface area contributed by atoms with Crippen LogP contribution in [0.25, 0.3) is 0 Å². The Morgan fingerprint density at radius 3 is 2.08 bits per heavy atom. The van der Waals surface area contributed by atoms with Gasteiger partial charge in [-0.2, -0.15) is 13.2 Å². The maximum atomic E-state index is 13.5. The van der Waals surface area contributed by atoms with Crippen LogP contribution in [0.3, 0.4) is 0 Å². The third-order valence-electron chi connectivity index (χ3n) is 4.08. The third kappa shape index (κ3) is 5.63. The van der Waals surface area contributed by atoms with Crippen molar-refractivity contribution in [3.05, 3.63) is 27.7 Å². The summed E-state index contributed by atoms with van der Waals surface area (Å²) in [6.07, 6.45) is -4.51. The zero-order chi connectivity index (χ0) is 17.4. The molecular formula is C16H24BrCl2F3N2O. The highest BCUT2D eigenvalue weighted by molar-refractivity contribution is 9.10. The molecular weight excluding hydrogens is 444 g/mol. The first kappa shape index (κ1) is 24.8. The lowest BCUT2D eigenvalue weighted by Crippen LogP contribution is -2.48. The summed E-state index contributed by atoms with van der Waals surface area (Å²) in [5.41, 5.74) is -1.27. The summed E-state index contributed by atoms with van der Waals surface area (Å²) in [6, 6.07) is 1.76. The number of benzene rings is 1. The van der Waals surface area contributed by atoms with Gasteiger partial charge in [0, 0.05) is 37.8 Å². The predicted octanol–water partition coefficient (Wildman–Crippen LogP) is 5.01. The number of nitrogens with zero attached hydrogens (tertiary/aromatic N) is 1. The Balaban J connectivity index is 0.00000288. The summed E-state index contributed by atoms with van der Waals surface area (Å²) < 4.78 is 40.8. The summed E-state index contributed by atoms with van der Waals surface area (Å²) in [5.74, 6) is -0.321. The molecule has 3 nitrogen and oxygen atoms in total. The Kier molecular flexibility index (Phi) is 9.05. The maximum absolute atomic E-state index is 13.5. The van der Waals surface area contributed by atoms with E-state index in [2.05, 4.69) is 21.2 Å². The van der Waals surface area contributed by atoms with Crippen LogP contribution in [0.1, 0.15) is 37.9 Å². The molecule has 0 unspecified atom stereocenters. The average Bonchev–Trinajstić information content (AvgIpc) is 2.42. The van der Waals surface area contributed by atoms with Gasteiger partial charge in [-0.05, 0) is 33.5 Å². The quantitative estimate of drug-likeness (QED) is 0.641. The number of hydrogen-bond acceptors (Lipinski definition) is 3. The summed E-state index contributed by atoms with van der Waals surface area (Å²) in [5, 5.41) is 13.6. The van der Waals surface area contributed by atoms with E-state index in [0.717, 1.165) is 19.2 Å². The topological polar surface area (TPSA) is 35.5 Å². The number of aromatic hydroxyl groups is 1. The van der Waals surface area contributed by atoms with E-state index in [1.54, 1.807) is 0 Å². The van der Waals surface area contributed by atoms with Crippen LogP contribution in [0.15, 0.2) is 16.6 Å². The number of phenolic OH excluding ortho intramolecular Hbond substituents is 1. The first-order chi connectivity index (χ1) is 10.5. The minimum atomic E-state index is -4.51. The van der Waals surface area contributed by atoms with Gasteiger partial charge in [0.05, 0.1) is 10.0 Å². The lowest BCUT2D eigenvalue weighted by molar-refractivity contribution is -0.139. The van der Waals surface area contributed by atoms with Crippen molar-refractivity contribution in [3.63, 3.8) is 0 Å². The fourth-order valence-electron chi connectivity index (χ4n) is 3.21. The molecule has 0 aromatic heterocycles. The number of nitrogens with one attached hydrogen (secondary N) is 1. The van der Waals surface area contributed by atoms with Crippen molar-refractivity contribution in [1.29, 1.82) is 0 Å². The van der Waals surface area contributed by atoms with E-state index in [-0.39, 0.29) is 40.6 Å². The zero-order valence-electron chi connectivity index (χ0n) is 14.3. The highest BCUT2D eigenvalue weighted by Crippen LogP contribution is 2.49. The van der Waals surface area contributed by atoms with E-state index < -0.39 is 23.2 Å². The van der Waals surface area contributed by atoms with Crippen molar-refractivity contribution in [1.82, 2.24) is 10.2 Å². The molecule has 9 heteroatoms. The molecule has 1 aromatic rings. The molecule has 1 aliphatic heterocycles. The first-order valence-corrected chi connectivity index (χ1v) is 8.36. The Labute approximate surface area is 167 Å². The lowest BCUT2D eigenvalue weighted by atomic mass is 9.78. The van der Waals surface area contributed by atoms with Crippen molar-refractivity contribution in [2.45, 2.75) is 33.0 Å². The summed E-state index contributed by atoms with van der Waals surface area (Å²) >= 11 is 3.16. The number of phenols is 1. The highest BCUT2D eigenvalue weighted by Gasteiger charge is 2.42. The maximum Gasteiger partial charge on any atom is 0.416 e. The second kappa shape index (κ2) is 9.13. The van der Waals surface area contributed by atoms with Crippen molar-refractivity contribution < 1.29 is 18.3 Å². The van der Waals surface area contributed by atoms with Crippen molar-refractivity contribution in [3.8, 4) is 5.75 Å². The molecule has 25 heavy (non-hydrogen) atoms. The van der Waals surface area contributed by atoms with E-state index >= 15 is 0 Å². The number of rotatable bonds is 2. The Hall–Kier alpha value is -0.210. The third-order valence-corrected chi connectivity index (χ3v) is 4.72. The van der Waals surface area contributed by atoms with Crippen LogP contribution < -0.4 is 5.32 Å². The molecule has 1 saturated heterocycles. The van der Waals surface area contributed by atoms with Crippen LogP contribution in [0, 0.1) is 5.41 Å². The van der Waals surface area contributed by atoms with E-state index in [1.807, 2.05) is 25.7 Å². The van der Waals surface area contributed by atoms with Crippen LogP contribution in [-0.2, 0) is 6.18 Å². The summed E-state index contributed by atoms with van der Waals surface area (Å²) in [6.45, 7) is 8.45. The Morgan fingerprint density at radius 1 is 1.12 bits per heavy atom. The molecule has 1 fully saturated rings. The van der Waals surface area contributed by atoms with E-state index in [4.69, 9.17) is 0 Å². The second-order valence-corrected chi connectivity index (χ2v) is 7.76. The minimum absolute atomic E-state index is 0. The zero-order valence-corrected chi connectivity index (χ0v) is 17.5. The summed E-state index contributed by atoms with van der Waals surface area (Å²) in [7, 11) is 0. The normalized spacial score (nSPS) is 17.4. The number of piperazine rings is 1. The monoisotopic (exact) mass is 466 g/mol. The molecule has 0 saturated carbocycles. The fourth-order valence-corrected chi connectivity index (χ4v) is 3.55. The molecule has 0 radical (unpaired) electrons. The first-order valence-electron chi connectivity index (χ1n) is 7.57. The molecule has 0 amide bonds.